The highest BCUT2D eigenvalue weighted by Crippen LogP contribution is 2.31. The number of sulfonamides is 1. The van der Waals surface area contributed by atoms with Crippen LogP contribution in [0.4, 0.5) is 0 Å². The number of ether oxygens (including phenoxy) is 1. The summed E-state index contributed by atoms with van der Waals surface area (Å²) in [6.07, 6.45) is 6.99. The van der Waals surface area contributed by atoms with E-state index in [1.807, 2.05) is 12.1 Å². The van der Waals surface area contributed by atoms with E-state index >= 15 is 0 Å². The van der Waals surface area contributed by atoms with Gasteiger partial charge in [-0.05, 0) is 60.4 Å². The largest absolute Gasteiger partial charge is 0.486 e. The van der Waals surface area contributed by atoms with E-state index in [9.17, 15) is 13.2 Å². The fraction of sp³-hybridized carbons (Fsp3) is 0.269. The first kappa shape index (κ1) is 25.2. The molecule has 1 saturated carbocycles. The van der Waals surface area contributed by atoms with Crippen LogP contribution in [0.1, 0.15) is 31.4 Å². The SMILES string of the molecule is Cn1cc(-c2ccc(OCc3cn(-c4cccc(Cl)c4)nn3)c(S(=O)(=O)NC3CCCC3)c2)ccc1=O. The molecule has 0 radical (unpaired) electrons. The van der Waals surface area contributed by atoms with Crippen LogP contribution in [0.15, 0.2) is 76.7 Å². The van der Waals surface area contributed by atoms with Gasteiger partial charge >= 0.3 is 0 Å². The average molecular weight is 540 g/mol. The van der Waals surface area contributed by atoms with Gasteiger partial charge in [0.15, 0.2) is 0 Å². The second kappa shape index (κ2) is 10.5. The Morgan fingerprint density at radius 2 is 1.84 bits per heavy atom. The fourth-order valence-corrected chi connectivity index (χ4v) is 6.03. The first-order valence-electron chi connectivity index (χ1n) is 11.9. The van der Waals surface area contributed by atoms with Crippen LogP contribution in [0.5, 0.6) is 5.75 Å². The number of nitrogens with zero attached hydrogens (tertiary/aromatic N) is 4. The second-order valence-corrected chi connectivity index (χ2v) is 11.2. The molecule has 0 bridgehead atoms. The molecule has 0 unspecified atom stereocenters. The summed E-state index contributed by atoms with van der Waals surface area (Å²) in [4.78, 5) is 11.9. The van der Waals surface area contributed by atoms with Crippen LogP contribution in [-0.4, -0.2) is 34.0 Å². The average Bonchev–Trinajstić information content (AvgIpc) is 3.56. The maximum atomic E-state index is 13.5. The van der Waals surface area contributed by atoms with Gasteiger partial charge in [-0.15, -0.1) is 5.10 Å². The summed E-state index contributed by atoms with van der Waals surface area (Å²) in [5.41, 5.74) is 2.49. The van der Waals surface area contributed by atoms with Crippen molar-refractivity contribution in [3.63, 3.8) is 0 Å². The van der Waals surface area contributed by atoms with Crippen LogP contribution >= 0.6 is 11.6 Å². The number of aryl methyl sites for hydroxylation is 1. The number of pyridine rings is 1. The van der Waals surface area contributed by atoms with Crippen LogP contribution in [0, 0.1) is 0 Å². The van der Waals surface area contributed by atoms with Gasteiger partial charge in [0.25, 0.3) is 0 Å². The molecule has 11 heteroatoms. The highest BCUT2D eigenvalue weighted by Gasteiger charge is 2.26. The number of benzene rings is 2. The standard InChI is InChI=1S/C26H26ClN5O4S/c1-31-15-19(10-12-26(31)33)18-9-11-24(25(13-18)37(34,35)29-21-6-2-3-7-21)36-17-22-16-32(30-28-22)23-8-4-5-20(27)14-23/h4-5,8-16,21,29H,2-3,6-7,17H2,1H3. The highest BCUT2D eigenvalue weighted by atomic mass is 35.5. The molecular formula is C26H26ClN5O4S. The molecule has 9 nitrogen and oxygen atoms in total. The van der Waals surface area contributed by atoms with Crippen LogP contribution in [0.25, 0.3) is 16.8 Å². The van der Waals surface area contributed by atoms with Gasteiger partial charge in [-0.25, -0.2) is 17.8 Å². The van der Waals surface area contributed by atoms with E-state index < -0.39 is 10.0 Å². The van der Waals surface area contributed by atoms with Gasteiger partial charge < -0.3 is 9.30 Å². The molecule has 2 aromatic carbocycles. The predicted octanol–water partition coefficient (Wildman–Crippen LogP) is 4.09. The Morgan fingerprint density at radius 3 is 2.59 bits per heavy atom. The second-order valence-electron chi connectivity index (χ2n) is 9.05. The third-order valence-electron chi connectivity index (χ3n) is 6.32. The molecule has 0 aliphatic heterocycles. The first-order valence-corrected chi connectivity index (χ1v) is 13.8. The minimum Gasteiger partial charge on any atom is -0.486 e. The van der Waals surface area contributed by atoms with E-state index in [0.717, 1.165) is 36.9 Å². The molecule has 4 aromatic rings. The Bertz CT molecular complexity index is 1590. The molecule has 0 saturated heterocycles. The Kier molecular flexibility index (Phi) is 7.14. The maximum Gasteiger partial charge on any atom is 0.250 e. The molecule has 37 heavy (non-hydrogen) atoms. The molecule has 2 heterocycles. The molecule has 2 aromatic heterocycles. The molecule has 1 fully saturated rings. The summed E-state index contributed by atoms with van der Waals surface area (Å²) < 4.78 is 38.7. The van der Waals surface area contributed by atoms with Crippen molar-refractivity contribution in [1.82, 2.24) is 24.3 Å². The third-order valence-corrected chi connectivity index (χ3v) is 8.10. The van der Waals surface area contributed by atoms with E-state index in [4.69, 9.17) is 16.3 Å². The Balaban J connectivity index is 1.44. The lowest BCUT2D eigenvalue weighted by Gasteiger charge is -2.17. The van der Waals surface area contributed by atoms with Crippen LogP contribution < -0.4 is 15.0 Å². The minimum atomic E-state index is -3.87. The lowest BCUT2D eigenvalue weighted by Crippen LogP contribution is -2.33. The summed E-state index contributed by atoms with van der Waals surface area (Å²) in [6, 6.07) is 15.2. The quantitative estimate of drug-likeness (QED) is 0.361. The van der Waals surface area contributed by atoms with Crippen molar-refractivity contribution in [3.8, 4) is 22.6 Å². The van der Waals surface area contributed by atoms with Gasteiger partial charge in [0, 0.05) is 30.4 Å². The highest BCUT2D eigenvalue weighted by molar-refractivity contribution is 7.89. The zero-order valence-corrected chi connectivity index (χ0v) is 21.7. The van der Waals surface area contributed by atoms with Crippen LogP contribution in [0.2, 0.25) is 5.02 Å². The maximum absolute atomic E-state index is 13.5. The van der Waals surface area contributed by atoms with E-state index in [-0.39, 0.29) is 28.9 Å². The number of nitrogens with one attached hydrogen (secondary N) is 1. The van der Waals surface area contributed by atoms with Crippen molar-refractivity contribution in [3.05, 3.63) is 88.1 Å². The first-order chi connectivity index (χ1) is 17.8. The van der Waals surface area contributed by atoms with Crippen molar-refractivity contribution in [2.75, 3.05) is 0 Å². The van der Waals surface area contributed by atoms with Crippen molar-refractivity contribution in [2.24, 2.45) is 7.05 Å². The van der Waals surface area contributed by atoms with Crippen molar-refractivity contribution >= 4 is 21.6 Å². The van der Waals surface area contributed by atoms with Gasteiger partial charge in [-0.3, -0.25) is 4.79 Å². The molecule has 1 aliphatic carbocycles. The molecule has 0 amide bonds. The predicted molar refractivity (Wildman–Crippen MR) is 140 cm³/mol. The Morgan fingerprint density at radius 1 is 1.05 bits per heavy atom. The molecule has 1 aliphatic rings. The van der Waals surface area contributed by atoms with E-state index in [0.29, 0.717) is 16.3 Å². The topological polar surface area (TPSA) is 108 Å². The lowest BCUT2D eigenvalue weighted by molar-refractivity contribution is 0.293. The Hall–Kier alpha value is -3.47. The van der Waals surface area contributed by atoms with Crippen molar-refractivity contribution in [2.45, 2.75) is 43.2 Å². The molecule has 5 rings (SSSR count). The number of halogens is 1. The smallest absolute Gasteiger partial charge is 0.250 e. The number of hydrogen-bond acceptors (Lipinski definition) is 6. The fourth-order valence-electron chi connectivity index (χ4n) is 4.37. The van der Waals surface area contributed by atoms with Gasteiger partial charge in [0.05, 0.1) is 11.9 Å². The number of rotatable bonds is 8. The number of hydrogen-bond donors (Lipinski definition) is 1. The third kappa shape index (κ3) is 5.76. The monoisotopic (exact) mass is 539 g/mol. The minimum absolute atomic E-state index is 0.0195. The normalized spacial score (nSPS) is 14.2. The van der Waals surface area contributed by atoms with E-state index in [2.05, 4.69) is 15.0 Å². The van der Waals surface area contributed by atoms with Gasteiger partial charge in [-0.1, -0.05) is 41.8 Å². The van der Waals surface area contributed by atoms with Gasteiger partial charge in [-0.2, -0.15) is 0 Å². The van der Waals surface area contributed by atoms with Crippen molar-refractivity contribution < 1.29 is 13.2 Å². The van der Waals surface area contributed by atoms with Gasteiger partial charge in [0.2, 0.25) is 15.6 Å². The zero-order chi connectivity index (χ0) is 26.0. The molecular weight excluding hydrogens is 514 g/mol. The molecule has 0 spiro atoms. The summed E-state index contributed by atoms with van der Waals surface area (Å²) in [5, 5.41) is 8.84. The van der Waals surface area contributed by atoms with E-state index in [1.165, 1.54) is 10.6 Å². The number of aromatic nitrogens is 4. The van der Waals surface area contributed by atoms with Crippen LogP contribution in [0.3, 0.4) is 0 Å². The molecule has 192 valence electrons. The van der Waals surface area contributed by atoms with Gasteiger partial charge in [0.1, 0.15) is 22.9 Å². The van der Waals surface area contributed by atoms with Crippen molar-refractivity contribution in [1.29, 1.82) is 0 Å². The Labute approximate surface area is 219 Å². The lowest BCUT2D eigenvalue weighted by atomic mass is 10.1. The summed E-state index contributed by atoms with van der Waals surface area (Å²) in [5.74, 6) is 0.205. The molecule has 0 atom stereocenters. The summed E-state index contributed by atoms with van der Waals surface area (Å²) in [6.45, 7) is 0.0195. The summed E-state index contributed by atoms with van der Waals surface area (Å²) in [7, 11) is -2.22. The summed E-state index contributed by atoms with van der Waals surface area (Å²) >= 11 is 6.07. The van der Waals surface area contributed by atoms with E-state index in [1.54, 1.807) is 60.5 Å². The van der Waals surface area contributed by atoms with Crippen LogP contribution in [-0.2, 0) is 23.7 Å². The molecule has 1 N–H and O–H groups in total. The zero-order valence-electron chi connectivity index (χ0n) is 20.2.